The van der Waals surface area contributed by atoms with E-state index >= 15 is 0 Å². The number of carbonyl (C=O) groups is 1. The highest BCUT2D eigenvalue weighted by molar-refractivity contribution is 7.99. The number of halogens is 1. The van der Waals surface area contributed by atoms with Gasteiger partial charge in [-0.2, -0.15) is 0 Å². The number of aromatic nitrogens is 2. The Balaban J connectivity index is 1.93. The van der Waals surface area contributed by atoms with Crippen molar-refractivity contribution >= 4 is 17.7 Å². The van der Waals surface area contributed by atoms with Crippen molar-refractivity contribution in [1.82, 2.24) is 14.9 Å². The first-order chi connectivity index (χ1) is 11.4. The molecule has 0 saturated carbocycles. The van der Waals surface area contributed by atoms with E-state index in [1.807, 2.05) is 19.9 Å². The third kappa shape index (κ3) is 4.92. The number of hydrogen-bond donors (Lipinski definition) is 0. The van der Waals surface area contributed by atoms with Crippen LogP contribution in [0.1, 0.15) is 17.0 Å². The number of hydrogen-bond acceptors (Lipinski definition) is 5. The molecule has 7 heteroatoms. The fourth-order valence-corrected chi connectivity index (χ4v) is 3.05. The van der Waals surface area contributed by atoms with Gasteiger partial charge in [0.15, 0.2) is 16.7 Å². The SMILES string of the molecule is COc1ccc(CN(C)C(=O)CSc2nc(C)cc(C)n2)cc1F. The third-order valence-corrected chi connectivity index (χ3v) is 4.18. The molecule has 1 aromatic heterocycles. The van der Waals surface area contributed by atoms with Gasteiger partial charge in [-0.1, -0.05) is 17.8 Å². The van der Waals surface area contributed by atoms with E-state index in [9.17, 15) is 9.18 Å². The molecule has 0 bridgehead atoms. The Labute approximate surface area is 145 Å². The fourth-order valence-electron chi connectivity index (χ4n) is 2.16. The first-order valence-electron chi connectivity index (χ1n) is 7.40. The van der Waals surface area contributed by atoms with Gasteiger partial charge < -0.3 is 9.64 Å². The summed E-state index contributed by atoms with van der Waals surface area (Å²) in [6.45, 7) is 4.11. The molecular formula is C17H20FN3O2S. The molecule has 2 aromatic rings. The Morgan fingerprint density at radius 3 is 2.50 bits per heavy atom. The molecule has 0 saturated heterocycles. The zero-order chi connectivity index (χ0) is 17.7. The van der Waals surface area contributed by atoms with Crippen LogP contribution in [-0.4, -0.2) is 40.7 Å². The molecule has 24 heavy (non-hydrogen) atoms. The van der Waals surface area contributed by atoms with Gasteiger partial charge in [0.25, 0.3) is 0 Å². The second-order valence-corrected chi connectivity index (χ2v) is 6.38. The van der Waals surface area contributed by atoms with Gasteiger partial charge in [-0.05, 0) is 37.6 Å². The largest absolute Gasteiger partial charge is 0.494 e. The van der Waals surface area contributed by atoms with Crippen molar-refractivity contribution in [3.8, 4) is 5.75 Å². The maximum absolute atomic E-state index is 13.7. The van der Waals surface area contributed by atoms with Gasteiger partial charge >= 0.3 is 0 Å². The molecule has 2 rings (SSSR count). The highest BCUT2D eigenvalue weighted by Crippen LogP contribution is 2.19. The maximum atomic E-state index is 13.7. The molecule has 0 atom stereocenters. The van der Waals surface area contributed by atoms with Gasteiger partial charge in [-0.3, -0.25) is 4.79 Å². The van der Waals surface area contributed by atoms with Crippen molar-refractivity contribution in [1.29, 1.82) is 0 Å². The quantitative estimate of drug-likeness (QED) is 0.593. The van der Waals surface area contributed by atoms with Gasteiger partial charge in [0, 0.05) is 25.0 Å². The molecule has 1 amide bonds. The number of thioether (sulfide) groups is 1. The molecule has 1 heterocycles. The molecule has 5 nitrogen and oxygen atoms in total. The van der Waals surface area contributed by atoms with Gasteiger partial charge in [-0.15, -0.1) is 0 Å². The van der Waals surface area contributed by atoms with Crippen LogP contribution in [0.25, 0.3) is 0 Å². The lowest BCUT2D eigenvalue weighted by molar-refractivity contribution is -0.127. The van der Waals surface area contributed by atoms with Crippen LogP contribution in [0.2, 0.25) is 0 Å². The summed E-state index contributed by atoms with van der Waals surface area (Å²) in [6.07, 6.45) is 0. The van der Waals surface area contributed by atoms with Crippen LogP contribution < -0.4 is 4.74 Å². The van der Waals surface area contributed by atoms with Crippen molar-refractivity contribution in [2.45, 2.75) is 25.5 Å². The summed E-state index contributed by atoms with van der Waals surface area (Å²) in [6, 6.07) is 6.56. The van der Waals surface area contributed by atoms with E-state index in [2.05, 4.69) is 9.97 Å². The third-order valence-electron chi connectivity index (χ3n) is 3.35. The normalized spacial score (nSPS) is 10.5. The number of nitrogens with zero attached hydrogens (tertiary/aromatic N) is 3. The van der Waals surface area contributed by atoms with Crippen molar-refractivity contribution in [2.75, 3.05) is 19.9 Å². The second kappa shape index (κ2) is 8.10. The second-order valence-electron chi connectivity index (χ2n) is 5.44. The molecule has 0 aliphatic heterocycles. The smallest absolute Gasteiger partial charge is 0.233 e. The average molecular weight is 349 g/mol. The van der Waals surface area contributed by atoms with Gasteiger partial charge in [0.1, 0.15) is 0 Å². The summed E-state index contributed by atoms with van der Waals surface area (Å²) < 4.78 is 18.6. The monoisotopic (exact) mass is 349 g/mol. The summed E-state index contributed by atoms with van der Waals surface area (Å²) in [5.74, 6) is -0.0824. The number of ether oxygens (including phenoxy) is 1. The molecule has 0 unspecified atom stereocenters. The van der Waals surface area contributed by atoms with E-state index in [1.54, 1.807) is 24.1 Å². The average Bonchev–Trinajstić information content (AvgIpc) is 2.52. The molecule has 128 valence electrons. The molecule has 0 aliphatic rings. The number of carbonyl (C=O) groups excluding carboxylic acids is 1. The number of amides is 1. The molecule has 1 aromatic carbocycles. The molecular weight excluding hydrogens is 329 g/mol. The zero-order valence-corrected chi connectivity index (χ0v) is 15.0. The van der Waals surface area contributed by atoms with Crippen LogP contribution in [0.4, 0.5) is 4.39 Å². The molecule has 0 aliphatic carbocycles. The summed E-state index contributed by atoms with van der Waals surface area (Å²) in [5, 5.41) is 0.588. The van der Waals surface area contributed by atoms with Crippen LogP contribution >= 0.6 is 11.8 Å². The number of aryl methyl sites for hydroxylation is 2. The highest BCUT2D eigenvalue weighted by Gasteiger charge is 2.13. The minimum atomic E-state index is -0.436. The number of methoxy groups -OCH3 is 1. The van der Waals surface area contributed by atoms with Crippen molar-refractivity contribution in [2.24, 2.45) is 0 Å². The van der Waals surface area contributed by atoms with Crippen molar-refractivity contribution in [3.63, 3.8) is 0 Å². The summed E-state index contributed by atoms with van der Waals surface area (Å²) in [5.41, 5.74) is 2.45. The van der Waals surface area contributed by atoms with E-state index in [0.717, 1.165) is 11.4 Å². The number of benzene rings is 1. The van der Waals surface area contributed by atoms with Gasteiger partial charge in [0.2, 0.25) is 5.91 Å². The standard InChI is InChI=1S/C17H20FN3O2S/c1-11-7-12(2)20-17(19-11)24-10-16(22)21(3)9-13-5-6-15(23-4)14(18)8-13/h5-8H,9-10H2,1-4H3. The lowest BCUT2D eigenvalue weighted by Crippen LogP contribution is -2.27. The minimum absolute atomic E-state index is 0.0704. The van der Waals surface area contributed by atoms with E-state index in [0.29, 0.717) is 17.3 Å². The molecule has 0 radical (unpaired) electrons. The fraction of sp³-hybridized carbons (Fsp3) is 0.353. The van der Waals surface area contributed by atoms with Crippen LogP contribution in [0.3, 0.4) is 0 Å². The van der Waals surface area contributed by atoms with Crippen LogP contribution in [0.5, 0.6) is 5.75 Å². The topological polar surface area (TPSA) is 55.3 Å². The Hall–Kier alpha value is -2.15. The summed E-state index contributed by atoms with van der Waals surface area (Å²) in [7, 11) is 3.10. The van der Waals surface area contributed by atoms with Crippen molar-refractivity contribution in [3.05, 3.63) is 47.0 Å². The zero-order valence-electron chi connectivity index (χ0n) is 14.2. The van der Waals surface area contributed by atoms with Crippen LogP contribution in [0.15, 0.2) is 29.4 Å². The van der Waals surface area contributed by atoms with E-state index in [-0.39, 0.29) is 17.4 Å². The van der Waals surface area contributed by atoms with E-state index < -0.39 is 5.82 Å². The lowest BCUT2D eigenvalue weighted by atomic mass is 10.2. The lowest BCUT2D eigenvalue weighted by Gasteiger charge is -2.17. The molecule has 0 N–H and O–H groups in total. The number of rotatable bonds is 6. The Bertz CT molecular complexity index is 720. The van der Waals surface area contributed by atoms with Gasteiger partial charge in [-0.25, -0.2) is 14.4 Å². The minimum Gasteiger partial charge on any atom is -0.494 e. The Morgan fingerprint density at radius 1 is 1.25 bits per heavy atom. The molecule has 0 fully saturated rings. The van der Waals surface area contributed by atoms with Gasteiger partial charge in [0.05, 0.1) is 12.9 Å². The summed E-state index contributed by atoms with van der Waals surface area (Å²) in [4.78, 5) is 22.4. The summed E-state index contributed by atoms with van der Waals surface area (Å²) >= 11 is 1.30. The molecule has 0 spiro atoms. The maximum Gasteiger partial charge on any atom is 0.233 e. The first-order valence-corrected chi connectivity index (χ1v) is 8.39. The highest BCUT2D eigenvalue weighted by atomic mass is 32.2. The van der Waals surface area contributed by atoms with Crippen LogP contribution in [0, 0.1) is 19.7 Å². The predicted octanol–water partition coefficient (Wildman–Crippen LogP) is 2.99. The first kappa shape index (κ1) is 18.2. The van der Waals surface area contributed by atoms with E-state index in [4.69, 9.17) is 4.74 Å². The van der Waals surface area contributed by atoms with E-state index in [1.165, 1.54) is 24.9 Å². The Morgan fingerprint density at radius 2 is 1.92 bits per heavy atom. The predicted molar refractivity (Wildman–Crippen MR) is 91.7 cm³/mol. The van der Waals surface area contributed by atoms with Crippen molar-refractivity contribution < 1.29 is 13.9 Å². The van der Waals surface area contributed by atoms with Crippen LogP contribution in [-0.2, 0) is 11.3 Å². The Kier molecular flexibility index (Phi) is 6.14.